The van der Waals surface area contributed by atoms with E-state index in [4.69, 9.17) is 22.0 Å². The van der Waals surface area contributed by atoms with Gasteiger partial charge in [-0.05, 0) is 68.6 Å². The molecule has 1 aromatic carbocycles. The average molecular weight is 484 g/mol. The van der Waals surface area contributed by atoms with E-state index < -0.39 is 0 Å². The Hall–Kier alpha value is -2.48. The van der Waals surface area contributed by atoms with Crippen LogP contribution in [0.1, 0.15) is 49.7 Å². The first-order valence-electron chi connectivity index (χ1n) is 12.5. The van der Waals surface area contributed by atoms with Gasteiger partial charge in [0.1, 0.15) is 11.5 Å². The molecule has 2 saturated heterocycles. The van der Waals surface area contributed by atoms with Gasteiger partial charge < -0.3 is 15.5 Å². The van der Waals surface area contributed by atoms with Crippen LogP contribution in [0.5, 0.6) is 0 Å². The topological polar surface area (TPSA) is 97.7 Å². The lowest BCUT2D eigenvalue weighted by molar-refractivity contribution is -0.574. The summed E-state index contributed by atoms with van der Waals surface area (Å²) in [4.78, 5) is 20.2. The molecular formula is C26H36ClN6O+. The number of carbonyl (C=O) groups is 1. The number of nitrogens with one attached hydrogen (secondary N) is 3. The van der Waals surface area contributed by atoms with Gasteiger partial charge in [-0.2, -0.15) is 4.98 Å². The normalized spacial score (nSPS) is 17.3. The number of halogens is 1. The van der Waals surface area contributed by atoms with Crippen LogP contribution in [0.15, 0.2) is 36.4 Å². The highest BCUT2D eigenvalue weighted by molar-refractivity contribution is 6.44. The molecular weight excluding hydrogens is 448 g/mol. The lowest BCUT2D eigenvalue weighted by Crippen LogP contribution is -2.79. The van der Waals surface area contributed by atoms with Gasteiger partial charge in [-0.25, -0.2) is 0 Å². The van der Waals surface area contributed by atoms with E-state index in [9.17, 15) is 4.79 Å². The molecule has 0 unspecified atom stereocenters. The Kier molecular flexibility index (Phi) is 8.91. The highest BCUT2D eigenvalue weighted by Crippen LogP contribution is 2.21. The zero-order valence-electron chi connectivity index (χ0n) is 19.8. The fourth-order valence-corrected chi connectivity index (χ4v) is 4.81. The van der Waals surface area contributed by atoms with E-state index in [-0.39, 0.29) is 17.7 Å². The molecule has 34 heavy (non-hydrogen) atoms. The van der Waals surface area contributed by atoms with Crippen molar-refractivity contribution in [3.8, 4) is 0 Å². The number of nitrogens with two attached hydrogens (primary N) is 1. The number of hydrogen-bond acceptors (Lipinski definition) is 5. The third-order valence-corrected chi connectivity index (χ3v) is 6.95. The predicted molar refractivity (Wildman–Crippen MR) is 137 cm³/mol. The van der Waals surface area contributed by atoms with Crippen molar-refractivity contribution in [3.63, 3.8) is 0 Å². The van der Waals surface area contributed by atoms with Gasteiger partial charge >= 0.3 is 0 Å². The molecule has 7 nitrogen and oxygen atoms in total. The minimum atomic E-state index is -0.316. The second-order valence-electron chi connectivity index (χ2n) is 9.25. The van der Waals surface area contributed by atoms with E-state index in [1.807, 2.05) is 36.4 Å². The molecule has 2 aliphatic heterocycles. The van der Waals surface area contributed by atoms with Crippen molar-refractivity contribution in [2.45, 2.75) is 51.0 Å². The molecule has 2 aliphatic rings. The number of piperidine rings is 1. The van der Waals surface area contributed by atoms with Crippen molar-refractivity contribution in [2.24, 2.45) is 0 Å². The smallest absolute Gasteiger partial charge is 0.270 e. The Morgan fingerprint density at radius 1 is 1.09 bits per heavy atom. The molecule has 1 aromatic heterocycles. The Morgan fingerprint density at radius 3 is 2.50 bits per heavy atom. The van der Waals surface area contributed by atoms with Gasteiger partial charge in [0.2, 0.25) is 5.82 Å². The summed E-state index contributed by atoms with van der Waals surface area (Å²) in [6.07, 6.45) is 7.50. The van der Waals surface area contributed by atoms with Crippen molar-refractivity contribution in [3.05, 3.63) is 52.5 Å². The maximum atomic E-state index is 12.9. The first kappa shape index (κ1) is 24.6. The van der Waals surface area contributed by atoms with E-state index in [1.165, 1.54) is 31.2 Å². The zero-order chi connectivity index (χ0) is 23.8. The molecule has 0 aliphatic carbocycles. The summed E-state index contributed by atoms with van der Waals surface area (Å²) < 4.78 is 0. The maximum Gasteiger partial charge on any atom is 0.270 e. The molecule has 1 amide bonds. The van der Waals surface area contributed by atoms with Gasteiger partial charge in [-0.15, -0.1) is 0 Å². The molecule has 0 radical (unpaired) electrons. The van der Waals surface area contributed by atoms with Gasteiger partial charge in [0.15, 0.2) is 0 Å². The molecule has 5 N–H and O–H groups in total. The molecule has 4 rings (SSSR count). The van der Waals surface area contributed by atoms with Crippen LogP contribution in [0.4, 0.5) is 11.6 Å². The fraction of sp³-hybridized carbons (Fsp3) is 0.500. The summed E-state index contributed by atoms with van der Waals surface area (Å²) in [6, 6.07) is 11.9. The first-order valence-corrected chi connectivity index (χ1v) is 12.9. The van der Waals surface area contributed by atoms with E-state index in [1.54, 1.807) is 0 Å². The molecule has 2 fully saturated rings. The largest absolute Gasteiger partial charge is 0.356 e. The van der Waals surface area contributed by atoms with E-state index in [0.29, 0.717) is 5.56 Å². The fourth-order valence-electron chi connectivity index (χ4n) is 4.68. The van der Waals surface area contributed by atoms with Gasteiger partial charge in [0.25, 0.3) is 5.91 Å². The van der Waals surface area contributed by atoms with Crippen molar-refractivity contribution in [1.82, 2.24) is 15.6 Å². The second-order valence-corrected chi connectivity index (χ2v) is 9.68. The van der Waals surface area contributed by atoms with Gasteiger partial charge in [-0.1, -0.05) is 36.6 Å². The lowest BCUT2D eigenvalue weighted by atomic mass is 10.1. The van der Waals surface area contributed by atoms with Crippen LogP contribution in [0, 0.1) is 5.41 Å². The Balaban J connectivity index is 1.50. The summed E-state index contributed by atoms with van der Waals surface area (Å²) >= 11 is 6.01. The quantitative estimate of drug-likeness (QED) is 0.434. The minimum absolute atomic E-state index is 0.00816. The van der Waals surface area contributed by atoms with E-state index in [0.717, 1.165) is 68.6 Å². The van der Waals surface area contributed by atoms with Crippen LogP contribution in [0.3, 0.4) is 0 Å². The Labute approximate surface area is 207 Å². The standard InChI is InChI=1S/C26H35ClN6O/c27-20-7-5-19(6-8-20)11-16-30-25-22(24(28)26(34)31-21-12-14-29-15-13-21)9-10-23(32-25)33-17-3-1-2-4-18-33/h5-10,21,28-29H,1-4,11-18H2,(H,30,32)(H,31,34)/p+1. The van der Waals surface area contributed by atoms with Crippen LogP contribution in [-0.4, -0.2) is 55.4 Å². The van der Waals surface area contributed by atoms with Gasteiger partial charge in [-0.3, -0.25) is 15.5 Å². The van der Waals surface area contributed by atoms with Crippen LogP contribution in [-0.2, 0) is 11.2 Å². The SMILES string of the molecule is N=C(C(=O)NC1CCNCC1)c1ccc(N2CCCCCC2)nc1[NH2+]CCc1ccc(Cl)cc1. The summed E-state index contributed by atoms with van der Waals surface area (Å²) in [5.74, 6) is 1.35. The minimum Gasteiger partial charge on any atom is -0.356 e. The molecule has 2 aromatic rings. The molecule has 182 valence electrons. The number of benzene rings is 1. The van der Waals surface area contributed by atoms with Crippen LogP contribution >= 0.6 is 11.6 Å². The number of quaternary nitrogens is 1. The van der Waals surface area contributed by atoms with Gasteiger partial charge in [0.05, 0.1) is 12.1 Å². The summed E-state index contributed by atoms with van der Waals surface area (Å²) in [6.45, 7) is 4.57. The van der Waals surface area contributed by atoms with Crippen molar-refractivity contribution in [2.75, 3.05) is 37.6 Å². The summed E-state index contributed by atoms with van der Waals surface area (Å²) in [5.41, 5.74) is 1.79. The van der Waals surface area contributed by atoms with Gasteiger partial charge in [0, 0.05) is 30.6 Å². The molecule has 0 spiro atoms. The third kappa shape index (κ3) is 6.78. The van der Waals surface area contributed by atoms with Crippen LogP contribution < -0.4 is 20.9 Å². The van der Waals surface area contributed by atoms with Crippen LogP contribution in [0.25, 0.3) is 0 Å². The number of nitrogens with zero attached hydrogens (tertiary/aromatic N) is 2. The number of amides is 1. The van der Waals surface area contributed by atoms with Crippen molar-refractivity contribution in [1.29, 1.82) is 5.41 Å². The Bertz CT molecular complexity index is 966. The highest BCUT2D eigenvalue weighted by Gasteiger charge is 2.24. The van der Waals surface area contributed by atoms with Crippen molar-refractivity contribution >= 4 is 34.9 Å². The molecule has 0 saturated carbocycles. The number of anilines is 1. The number of rotatable bonds is 8. The second kappa shape index (κ2) is 12.3. The first-order chi connectivity index (χ1) is 16.6. The number of aromatic nitrogens is 1. The lowest BCUT2D eigenvalue weighted by Gasteiger charge is -2.24. The third-order valence-electron chi connectivity index (χ3n) is 6.69. The van der Waals surface area contributed by atoms with E-state index >= 15 is 0 Å². The summed E-state index contributed by atoms with van der Waals surface area (Å²) in [7, 11) is 0. The predicted octanol–water partition coefficient (Wildman–Crippen LogP) is 2.79. The number of hydrogen-bond donors (Lipinski definition) is 4. The Morgan fingerprint density at radius 2 is 1.79 bits per heavy atom. The number of pyridine rings is 1. The molecule has 3 heterocycles. The van der Waals surface area contributed by atoms with Crippen LogP contribution in [0.2, 0.25) is 5.02 Å². The monoisotopic (exact) mass is 483 g/mol. The molecule has 0 atom stereocenters. The van der Waals surface area contributed by atoms with Crippen molar-refractivity contribution < 1.29 is 10.1 Å². The average Bonchev–Trinajstić information content (AvgIpc) is 3.15. The molecule has 8 heteroatoms. The molecule has 0 bridgehead atoms. The van der Waals surface area contributed by atoms with E-state index in [2.05, 4.69) is 20.9 Å². The summed E-state index contributed by atoms with van der Waals surface area (Å²) in [5, 5.41) is 17.8. The highest BCUT2D eigenvalue weighted by atomic mass is 35.5. The maximum absolute atomic E-state index is 12.9. The zero-order valence-corrected chi connectivity index (χ0v) is 20.5. The number of carbonyl (C=O) groups excluding carboxylic acids is 1.